The third-order valence-corrected chi connectivity index (χ3v) is 6.20. The van der Waals surface area contributed by atoms with Gasteiger partial charge in [0.25, 0.3) is 0 Å². The van der Waals surface area contributed by atoms with Crippen molar-refractivity contribution in [3.05, 3.63) is 72.8 Å². The zero-order valence-corrected chi connectivity index (χ0v) is 18.0. The maximum Gasteiger partial charge on any atom is 0.238 e. The van der Waals surface area contributed by atoms with E-state index in [9.17, 15) is 5.11 Å². The molecule has 1 aliphatic rings. The van der Waals surface area contributed by atoms with Crippen LogP contribution in [-0.4, -0.2) is 22.4 Å². The van der Waals surface area contributed by atoms with Gasteiger partial charge in [-0.3, -0.25) is 0 Å². The van der Waals surface area contributed by atoms with Crippen LogP contribution < -0.4 is 15.8 Å². The lowest BCUT2D eigenvalue weighted by molar-refractivity contribution is 0.109. The number of anilines is 2. The minimum atomic E-state index is -0.324. The molecule has 1 heterocycles. The van der Waals surface area contributed by atoms with Gasteiger partial charge in [-0.15, -0.1) is 0 Å². The molecule has 7 heteroatoms. The van der Waals surface area contributed by atoms with Gasteiger partial charge in [0, 0.05) is 17.8 Å². The third-order valence-electron chi connectivity index (χ3n) is 5.24. The van der Waals surface area contributed by atoms with Crippen LogP contribution in [0.4, 0.5) is 10.8 Å². The molecule has 2 aromatic carbocycles. The van der Waals surface area contributed by atoms with Crippen molar-refractivity contribution in [1.82, 2.24) is 4.98 Å². The summed E-state index contributed by atoms with van der Waals surface area (Å²) in [6.07, 6.45) is 6.13. The SMILES string of the molecule is C=CC=N/C(Oc1ccc(Nc2nc3ccccc3s2)cc1)=C(\N)[C@H]1CCC[C@H](O)C1. The van der Waals surface area contributed by atoms with E-state index >= 15 is 0 Å². The molecule has 0 radical (unpaired) electrons. The van der Waals surface area contributed by atoms with Gasteiger partial charge in [0.05, 0.1) is 22.0 Å². The van der Waals surface area contributed by atoms with Crippen molar-refractivity contribution in [3.63, 3.8) is 0 Å². The van der Waals surface area contributed by atoms with Gasteiger partial charge in [0.15, 0.2) is 5.13 Å². The van der Waals surface area contributed by atoms with Crippen molar-refractivity contribution in [2.45, 2.75) is 31.8 Å². The number of aliphatic hydroxyl groups is 1. The molecule has 0 saturated heterocycles. The first kappa shape index (κ1) is 21.1. The highest BCUT2D eigenvalue weighted by molar-refractivity contribution is 7.22. The standard InChI is InChI=1S/C24H26N4O2S/c1-2-14-26-23(22(25)16-6-5-7-18(29)15-16)30-19-12-10-17(11-13-19)27-24-28-20-8-3-4-9-21(20)31-24/h2-4,8-14,16,18,29H,1,5-7,15,25H2,(H,27,28)/b23-22+,26-14?/t16-,18-/m0/s1. The average molecular weight is 435 g/mol. The maximum atomic E-state index is 9.99. The number of aromatic nitrogens is 1. The molecule has 4 rings (SSSR count). The predicted octanol–water partition coefficient (Wildman–Crippen LogP) is 5.35. The lowest BCUT2D eigenvalue weighted by Gasteiger charge is -2.26. The summed E-state index contributed by atoms with van der Waals surface area (Å²) in [5.74, 6) is 1.04. The van der Waals surface area contributed by atoms with Gasteiger partial charge < -0.3 is 20.9 Å². The van der Waals surface area contributed by atoms with Crippen LogP contribution in [0, 0.1) is 5.92 Å². The van der Waals surface area contributed by atoms with Crippen LogP contribution in [0.5, 0.6) is 5.75 Å². The molecule has 1 saturated carbocycles. The highest BCUT2D eigenvalue weighted by Gasteiger charge is 2.25. The summed E-state index contributed by atoms with van der Waals surface area (Å²) in [5.41, 5.74) is 8.84. The fraction of sp³-hybridized carbons (Fsp3) is 0.250. The Bertz CT molecular complexity index is 1070. The van der Waals surface area contributed by atoms with Crippen LogP contribution in [0.1, 0.15) is 25.7 Å². The highest BCUT2D eigenvalue weighted by atomic mass is 32.1. The number of fused-ring (bicyclic) bond motifs is 1. The predicted molar refractivity (Wildman–Crippen MR) is 128 cm³/mol. The molecule has 1 aliphatic carbocycles. The Morgan fingerprint density at radius 2 is 2.03 bits per heavy atom. The van der Waals surface area contributed by atoms with Gasteiger partial charge in [-0.05, 0) is 55.7 Å². The monoisotopic (exact) mass is 434 g/mol. The summed E-state index contributed by atoms with van der Waals surface area (Å²) in [4.78, 5) is 8.93. The van der Waals surface area contributed by atoms with Crippen molar-refractivity contribution < 1.29 is 9.84 Å². The second kappa shape index (κ2) is 9.76. The van der Waals surface area contributed by atoms with E-state index in [-0.39, 0.29) is 12.0 Å². The molecule has 31 heavy (non-hydrogen) atoms. The largest absolute Gasteiger partial charge is 0.437 e. The van der Waals surface area contributed by atoms with E-state index in [4.69, 9.17) is 10.5 Å². The number of hydrogen-bond acceptors (Lipinski definition) is 7. The average Bonchev–Trinajstić information content (AvgIpc) is 3.19. The molecular formula is C24H26N4O2S. The van der Waals surface area contributed by atoms with E-state index in [1.807, 2.05) is 42.5 Å². The minimum Gasteiger partial charge on any atom is -0.437 e. The van der Waals surface area contributed by atoms with Crippen molar-refractivity contribution in [1.29, 1.82) is 0 Å². The summed E-state index contributed by atoms with van der Waals surface area (Å²) in [7, 11) is 0. The summed E-state index contributed by atoms with van der Waals surface area (Å²) < 4.78 is 7.15. The van der Waals surface area contributed by atoms with Gasteiger partial charge >= 0.3 is 0 Å². The molecule has 160 valence electrons. The van der Waals surface area contributed by atoms with Crippen LogP contribution in [0.15, 0.2) is 77.8 Å². The van der Waals surface area contributed by atoms with Crippen molar-refractivity contribution in [2.24, 2.45) is 16.6 Å². The van der Waals surface area contributed by atoms with Gasteiger partial charge in [0.2, 0.25) is 5.88 Å². The second-order valence-electron chi connectivity index (χ2n) is 7.53. The molecule has 6 nitrogen and oxygen atoms in total. The van der Waals surface area contributed by atoms with E-state index in [0.717, 1.165) is 40.3 Å². The molecular weight excluding hydrogens is 408 g/mol. The van der Waals surface area contributed by atoms with Crippen LogP contribution in [0.3, 0.4) is 0 Å². The van der Waals surface area contributed by atoms with Crippen molar-refractivity contribution in [2.75, 3.05) is 5.32 Å². The number of thiazole rings is 1. The molecule has 1 fully saturated rings. The first-order chi connectivity index (χ1) is 15.1. The third kappa shape index (κ3) is 5.31. The van der Waals surface area contributed by atoms with E-state index in [0.29, 0.717) is 23.8 Å². The smallest absolute Gasteiger partial charge is 0.238 e. The summed E-state index contributed by atoms with van der Waals surface area (Å²) >= 11 is 1.61. The number of ether oxygens (including phenoxy) is 1. The molecule has 0 bridgehead atoms. The van der Waals surface area contributed by atoms with E-state index in [1.165, 1.54) is 0 Å². The maximum absolute atomic E-state index is 9.99. The minimum absolute atomic E-state index is 0.0562. The number of para-hydroxylation sites is 1. The molecule has 1 aromatic heterocycles. The normalized spacial score (nSPS) is 19.9. The Balaban J connectivity index is 1.49. The van der Waals surface area contributed by atoms with Gasteiger partial charge in [-0.2, -0.15) is 0 Å². The van der Waals surface area contributed by atoms with E-state index in [1.54, 1.807) is 23.6 Å². The first-order valence-electron chi connectivity index (χ1n) is 10.4. The first-order valence-corrected chi connectivity index (χ1v) is 11.2. The number of benzene rings is 2. The Morgan fingerprint density at radius 3 is 2.77 bits per heavy atom. The zero-order chi connectivity index (χ0) is 21.6. The zero-order valence-electron chi connectivity index (χ0n) is 17.2. The van der Waals surface area contributed by atoms with Crippen molar-refractivity contribution in [3.8, 4) is 5.75 Å². The van der Waals surface area contributed by atoms with Crippen LogP contribution in [-0.2, 0) is 0 Å². The quantitative estimate of drug-likeness (QED) is 0.344. The summed E-state index contributed by atoms with van der Waals surface area (Å²) in [6.45, 7) is 3.67. The van der Waals surface area contributed by atoms with Crippen LogP contribution >= 0.6 is 11.3 Å². The lowest BCUT2D eigenvalue weighted by atomic mass is 9.85. The Labute approximate surface area is 185 Å². The molecule has 0 unspecified atom stereocenters. The highest BCUT2D eigenvalue weighted by Crippen LogP contribution is 2.31. The molecule has 0 amide bonds. The van der Waals surface area contributed by atoms with Gasteiger partial charge in [-0.1, -0.05) is 42.5 Å². The lowest BCUT2D eigenvalue weighted by Crippen LogP contribution is -2.25. The number of nitrogens with zero attached hydrogens (tertiary/aromatic N) is 2. The fourth-order valence-electron chi connectivity index (χ4n) is 3.67. The molecule has 4 N–H and O–H groups in total. The fourth-order valence-corrected chi connectivity index (χ4v) is 4.55. The summed E-state index contributed by atoms with van der Waals surface area (Å²) in [6, 6.07) is 15.6. The molecule has 0 aliphatic heterocycles. The van der Waals surface area contributed by atoms with E-state index < -0.39 is 0 Å². The Kier molecular flexibility index (Phi) is 6.64. The second-order valence-corrected chi connectivity index (χ2v) is 8.56. The number of aliphatic hydroxyl groups excluding tert-OH is 1. The number of nitrogens with two attached hydrogens (primary N) is 1. The molecule has 2 atom stereocenters. The van der Waals surface area contributed by atoms with E-state index in [2.05, 4.69) is 27.9 Å². The van der Waals surface area contributed by atoms with Crippen LogP contribution in [0.25, 0.3) is 10.2 Å². The number of aliphatic imine (C=N–C) groups is 1. The number of allylic oxidation sites excluding steroid dienone is 2. The Morgan fingerprint density at radius 1 is 1.23 bits per heavy atom. The van der Waals surface area contributed by atoms with Gasteiger partial charge in [0.1, 0.15) is 5.75 Å². The molecule has 3 aromatic rings. The Hall–Kier alpha value is -3.16. The van der Waals surface area contributed by atoms with Crippen LogP contribution in [0.2, 0.25) is 0 Å². The summed E-state index contributed by atoms with van der Waals surface area (Å²) in [5, 5.41) is 14.2. The molecule has 0 spiro atoms. The number of rotatable bonds is 7. The number of hydrogen-bond donors (Lipinski definition) is 3. The topological polar surface area (TPSA) is 92.8 Å². The van der Waals surface area contributed by atoms with Crippen molar-refractivity contribution >= 4 is 38.6 Å². The van der Waals surface area contributed by atoms with Gasteiger partial charge in [-0.25, -0.2) is 9.98 Å². The number of nitrogens with one attached hydrogen (secondary N) is 1.